The van der Waals surface area contributed by atoms with Gasteiger partial charge in [-0.25, -0.2) is 0 Å². The molecule has 7 aliphatic rings. The number of carbonyl (C=O) groups is 2. The molecular weight excluding hydrogens is 636 g/mol. The summed E-state index contributed by atoms with van der Waals surface area (Å²) in [7, 11) is 0. The maximum atomic E-state index is 15.0. The smallest absolute Gasteiger partial charge is 0.289 e. The lowest BCUT2D eigenvalue weighted by Crippen LogP contribution is -2.67. The van der Waals surface area contributed by atoms with Crippen LogP contribution in [0.4, 0.5) is 0 Å². The second-order valence-corrected chi connectivity index (χ2v) is 17.1. The third-order valence-electron chi connectivity index (χ3n) is 15.1. The van der Waals surface area contributed by atoms with Crippen molar-refractivity contribution in [1.29, 1.82) is 0 Å². The Hall–Kier alpha value is -3.78. The number of β-amino-alcohol motifs (C(OH)–C–C–N with tert-alkyl or cyclic N) is 1. The molecule has 2 N–H and O–H groups in total. The minimum Gasteiger partial charge on any atom is -0.459 e. The van der Waals surface area contributed by atoms with Gasteiger partial charge in [-0.3, -0.25) is 14.5 Å². The second-order valence-electron chi connectivity index (χ2n) is 17.1. The summed E-state index contributed by atoms with van der Waals surface area (Å²) >= 11 is 0. The van der Waals surface area contributed by atoms with E-state index in [0.29, 0.717) is 56.9 Å². The fourth-order valence-electron chi connectivity index (χ4n) is 12.2. The van der Waals surface area contributed by atoms with Crippen LogP contribution in [-0.4, -0.2) is 76.1 Å². The first-order chi connectivity index (χ1) is 24.5. The fourth-order valence-corrected chi connectivity index (χ4v) is 12.2. The van der Waals surface area contributed by atoms with Gasteiger partial charge < -0.3 is 19.5 Å². The number of aliphatic hydroxyl groups is 2. The predicted molar refractivity (Wildman–Crippen MR) is 196 cm³/mol. The topological polar surface area (TPSA) is 94.2 Å². The van der Waals surface area contributed by atoms with Gasteiger partial charge in [-0.1, -0.05) is 86.7 Å². The molecule has 1 aliphatic heterocycles. The molecule has 2 heterocycles. The first-order valence-electron chi connectivity index (χ1n) is 19.1. The lowest BCUT2D eigenvalue weighted by atomic mass is 9.32. The Balaban J connectivity index is 1.04. The number of piperazine rings is 1. The Bertz CT molecular complexity index is 1890. The molecule has 3 aromatic rings. The van der Waals surface area contributed by atoms with Crippen molar-refractivity contribution in [3.05, 3.63) is 108 Å². The molecule has 0 radical (unpaired) electrons. The first-order valence-corrected chi connectivity index (χ1v) is 19.1. The normalized spacial score (nSPS) is 38.5. The molecular formula is C44H50N2O5. The van der Waals surface area contributed by atoms with E-state index in [4.69, 9.17) is 4.42 Å². The van der Waals surface area contributed by atoms with E-state index in [9.17, 15) is 15.0 Å². The van der Waals surface area contributed by atoms with Crippen LogP contribution in [0.25, 0.3) is 11.1 Å². The first kappa shape index (κ1) is 33.1. The van der Waals surface area contributed by atoms with Gasteiger partial charge in [0.1, 0.15) is 0 Å². The molecule has 266 valence electrons. The Morgan fingerprint density at radius 2 is 1.49 bits per heavy atom. The van der Waals surface area contributed by atoms with Crippen LogP contribution in [0.1, 0.15) is 79.7 Å². The number of hydrogen-bond acceptors (Lipinski definition) is 6. The Labute approximate surface area is 301 Å². The summed E-state index contributed by atoms with van der Waals surface area (Å²) < 4.78 is 5.37. The molecule has 1 unspecified atom stereocenters. The number of ketones is 1. The van der Waals surface area contributed by atoms with Crippen LogP contribution >= 0.6 is 0 Å². The monoisotopic (exact) mass is 686 g/mol. The molecule has 1 aromatic heterocycles. The molecule has 1 amide bonds. The van der Waals surface area contributed by atoms with E-state index in [-0.39, 0.29) is 40.5 Å². The maximum Gasteiger partial charge on any atom is 0.289 e. The summed E-state index contributed by atoms with van der Waals surface area (Å²) in [5.74, 6) is 0.734. The summed E-state index contributed by atoms with van der Waals surface area (Å²) in [5.41, 5.74) is 1.57. The van der Waals surface area contributed by atoms with Gasteiger partial charge in [0, 0.05) is 60.1 Å². The van der Waals surface area contributed by atoms with Crippen molar-refractivity contribution in [2.45, 2.75) is 70.5 Å². The molecule has 3 saturated carbocycles. The number of furan rings is 1. The molecule has 7 nitrogen and oxygen atoms in total. The molecule has 7 heteroatoms. The molecule has 1 saturated heterocycles. The van der Waals surface area contributed by atoms with Crippen molar-refractivity contribution in [3.8, 4) is 11.1 Å². The number of Topliss-reactive ketones (excluding diaryl/α,β-unsaturated/α-hetero) is 1. The Morgan fingerprint density at radius 3 is 2.22 bits per heavy atom. The largest absolute Gasteiger partial charge is 0.459 e. The van der Waals surface area contributed by atoms with E-state index in [2.05, 4.69) is 61.2 Å². The highest BCUT2D eigenvalue weighted by Crippen LogP contribution is 2.78. The minimum absolute atomic E-state index is 0.0686. The number of amides is 1. The molecule has 6 aliphatic carbocycles. The summed E-state index contributed by atoms with van der Waals surface area (Å²) in [5, 5.41) is 23.9. The molecule has 51 heavy (non-hydrogen) atoms. The van der Waals surface area contributed by atoms with Crippen LogP contribution in [-0.2, 0) is 0 Å². The van der Waals surface area contributed by atoms with E-state index < -0.39 is 16.4 Å². The van der Waals surface area contributed by atoms with Crippen LogP contribution in [0.3, 0.4) is 0 Å². The minimum atomic E-state index is -0.917. The number of nitrogens with zero attached hydrogens (tertiary/aromatic N) is 2. The third-order valence-corrected chi connectivity index (χ3v) is 15.1. The summed E-state index contributed by atoms with van der Waals surface area (Å²) in [6.07, 6.45) is 14.0. The van der Waals surface area contributed by atoms with Crippen LogP contribution in [0.15, 0.2) is 101 Å². The fraction of sp³-hybridized carbons (Fsp3) is 0.500. The van der Waals surface area contributed by atoms with Crippen molar-refractivity contribution < 1.29 is 24.2 Å². The molecule has 10 rings (SSSR count). The average Bonchev–Trinajstić information content (AvgIpc) is 3.78. The predicted octanol–water partition coefficient (Wildman–Crippen LogP) is 7.18. The summed E-state index contributed by atoms with van der Waals surface area (Å²) in [6.45, 7) is 7.91. The highest BCUT2D eigenvalue weighted by atomic mass is 16.3. The van der Waals surface area contributed by atoms with E-state index in [0.717, 1.165) is 48.8 Å². The van der Waals surface area contributed by atoms with Gasteiger partial charge in [-0.15, -0.1) is 0 Å². The highest BCUT2D eigenvalue weighted by Gasteiger charge is 2.74. The van der Waals surface area contributed by atoms with Gasteiger partial charge >= 0.3 is 0 Å². The molecule has 2 bridgehead atoms. The molecule has 4 fully saturated rings. The van der Waals surface area contributed by atoms with E-state index >= 15 is 4.79 Å². The van der Waals surface area contributed by atoms with Crippen molar-refractivity contribution in [2.75, 3.05) is 32.7 Å². The number of carbonyl (C=O) groups excluding carboxylic acids is 2. The standard InChI is InChI=1S/C44H50N2O5/c1-40-17-14-33(47)27-42(40)20-21-44(34(28-42)38(48)32-12-10-31(11-13-32)30-7-4-3-5-8-30)36(40)15-18-41(2)37(44)16-19-43(41,50)29-45-22-24-46(25-23-45)39(49)35-9-6-26-51-35/h3-13,20-21,26,28,33,36-37,47,50H,14-19,22-25,27,29H2,1-2H3/t33?,36-,37-,40-,41+,42+,43-,44-/m1/s1. The number of aliphatic hydroxyl groups excluding tert-OH is 1. The van der Waals surface area contributed by atoms with Gasteiger partial charge in [-0.2, -0.15) is 0 Å². The number of hydrogen-bond donors (Lipinski definition) is 2. The summed E-state index contributed by atoms with van der Waals surface area (Å²) in [4.78, 5) is 32.1. The van der Waals surface area contributed by atoms with Gasteiger partial charge in [0.2, 0.25) is 0 Å². The molecule has 2 aromatic carbocycles. The maximum absolute atomic E-state index is 15.0. The van der Waals surface area contributed by atoms with Crippen LogP contribution in [0, 0.1) is 33.5 Å². The highest BCUT2D eigenvalue weighted by molar-refractivity contribution is 6.10. The lowest BCUT2D eigenvalue weighted by molar-refractivity contribution is -0.176. The second kappa shape index (κ2) is 11.6. The van der Waals surface area contributed by atoms with E-state index in [1.165, 1.54) is 6.26 Å². The van der Waals surface area contributed by atoms with Gasteiger partial charge in [0.15, 0.2) is 11.5 Å². The zero-order valence-electron chi connectivity index (χ0n) is 29.9. The van der Waals surface area contributed by atoms with Crippen molar-refractivity contribution >= 4 is 11.7 Å². The van der Waals surface area contributed by atoms with Crippen LogP contribution < -0.4 is 0 Å². The average molecular weight is 687 g/mol. The number of fused-ring (bicyclic) bond motifs is 1. The molecule has 2 spiro atoms. The lowest BCUT2D eigenvalue weighted by Gasteiger charge is -2.71. The zero-order chi connectivity index (χ0) is 35.2. The number of rotatable bonds is 6. The Morgan fingerprint density at radius 1 is 0.804 bits per heavy atom. The van der Waals surface area contributed by atoms with Crippen molar-refractivity contribution in [1.82, 2.24) is 9.80 Å². The van der Waals surface area contributed by atoms with Gasteiger partial charge in [-0.05, 0) is 85.5 Å². The van der Waals surface area contributed by atoms with E-state index in [1.807, 2.05) is 35.2 Å². The zero-order valence-corrected chi connectivity index (χ0v) is 29.9. The number of benzene rings is 2. The SMILES string of the molecule is C[C@]12CC[C@H]3[C@]4(C=C[C@@]5(C=C4C(=O)c4ccc(-c6ccccc6)cc4)CC(O)CC[C@]35C)[C@@H]1CC[C@@]2(O)CN1CCN(C(=O)c2ccco2)CC1. The Kier molecular flexibility index (Phi) is 7.53. The van der Waals surface area contributed by atoms with Crippen molar-refractivity contribution in [3.63, 3.8) is 0 Å². The number of allylic oxidation sites excluding steroid dienone is 4. The van der Waals surface area contributed by atoms with E-state index in [1.54, 1.807) is 12.1 Å². The van der Waals surface area contributed by atoms with Crippen molar-refractivity contribution in [2.24, 2.45) is 33.5 Å². The van der Waals surface area contributed by atoms with Gasteiger partial charge in [0.05, 0.1) is 18.0 Å². The van der Waals surface area contributed by atoms with Crippen LogP contribution in [0.2, 0.25) is 0 Å². The quantitative estimate of drug-likeness (QED) is 0.211. The summed E-state index contributed by atoms with van der Waals surface area (Å²) in [6, 6.07) is 21.8. The molecule has 8 atom stereocenters. The third kappa shape index (κ3) is 4.66. The van der Waals surface area contributed by atoms with Gasteiger partial charge in [0.25, 0.3) is 5.91 Å². The van der Waals surface area contributed by atoms with Crippen LogP contribution in [0.5, 0.6) is 0 Å².